The van der Waals surface area contributed by atoms with E-state index >= 15 is 0 Å². The van der Waals surface area contributed by atoms with Crippen LogP contribution in [0.3, 0.4) is 0 Å². The lowest BCUT2D eigenvalue weighted by atomic mass is 9.97. The summed E-state index contributed by atoms with van der Waals surface area (Å²) in [6.45, 7) is 6.87. The van der Waals surface area contributed by atoms with Gasteiger partial charge >= 0.3 is 7.82 Å². The number of amides is 1. The van der Waals surface area contributed by atoms with Crippen LogP contribution in [-0.2, 0) is 9.36 Å². The van der Waals surface area contributed by atoms with Crippen LogP contribution in [0.4, 0.5) is 4.39 Å². The molecule has 0 saturated carbocycles. The van der Waals surface area contributed by atoms with Gasteiger partial charge in [-0.1, -0.05) is 25.1 Å². The van der Waals surface area contributed by atoms with Gasteiger partial charge in [-0.3, -0.25) is 4.79 Å². The van der Waals surface area contributed by atoms with Crippen LogP contribution >= 0.6 is 7.82 Å². The second kappa shape index (κ2) is 15.4. The Morgan fingerprint density at radius 2 is 1.80 bits per heavy atom. The maximum Gasteiger partial charge on any atom is 0.466 e. The van der Waals surface area contributed by atoms with Crippen molar-refractivity contribution >= 4 is 19.8 Å². The van der Waals surface area contributed by atoms with Gasteiger partial charge in [-0.05, 0) is 74.6 Å². The fourth-order valence-electron chi connectivity index (χ4n) is 4.01. The van der Waals surface area contributed by atoms with Gasteiger partial charge in [0.05, 0.1) is 30.9 Å². The van der Waals surface area contributed by atoms with E-state index in [4.69, 9.17) is 29.1 Å². The zero-order valence-corrected chi connectivity index (χ0v) is 24.0. The summed E-state index contributed by atoms with van der Waals surface area (Å²) in [5.74, 6) is 0.465. The predicted octanol–water partition coefficient (Wildman–Crippen LogP) is 4.56. The summed E-state index contributed by atoms with van der Waals surface area (Å²) in [7, 11) is -3.00. The molecule has 0 spiro atoms. The van der Waals surface area contributed by atoms with E-state index in [9.17, 15) is 9.18 Å². The number of aromatic nitrogens is 2. The Bertz CT molecular complexity index is 1310. The quantitative estimate of drug-likeness (QED) is 0.247. The molecule has 4 rings (SSSR count). The van der Waals surface area contributed by atoms with E-state index in [0.29, 0.717) is 18.9 Å². The van der Waals surface area contributed by atoms with E-state index in [2.05, 4.69) is 4.98 Å². The van der Waals surface area contributed by atoms with Crippen molar-refractivity contribution in [1.29, 1.82) is 0 Å². The topological polar surface area (TPSA) is 145 Å². The number of aliphatic hydroxyl groups is 1. The molecule has 40 heavy (non-hydrogen) atoms. The van der Waals surface area contributed by atoms with Crippen LogP contribution < -0.4 is 4.74 Å². The number of hydrogen-bond donors (Lipinski definition) is 4. The number of carbonyl (C=O) groups excluding carboxylic acids is 1. The number of phosphoric acid groups is 1. The van der Waals surface area contributed by atoms with Crippen molar-refractivity contribution < 1.29 is 38.3 Å². The molecule has 1 aliphatic heterocycles. The van der Waals surface area contributed by atoms with Gasteiger partial charge in [-0.2, -0.15) is 0 Å². The largest absolute Gasteiger partial charge is 0.495 e. The van der Waals surface area contributed by atoms with Gasteiger partial charge in [0.25, 0.3) is 0 Å². The molecular formula is C28H37FN3O7P. The maximum absolute atomic E-state index is 13.3. The Balaban J connectivity index is 0.000000543. The fourth-order valence-corrected chi connectivity index (χ4v) is 4.01. The lowest BCUT2D eigenvalue weighted by Crippen LogP contribution is -2.38. The summed E-state index contributed by atoms with van der Waals surface area (Å²) in [6, 6.07) is 12.1. The summed E-state index contributed by atoms with van der Waals surface area (Å²) in [4.78, 5) is 40.9. The molecule has 1 atom stereocenters. The monoisotopic (exact) mass is 577 g/mol. The van der Waals surface area contributed by atoms with Crippen LogP contribution in [0.1, 0.15) is 56.0 Å². The molecule has 2 aromatic carbocycles. The van der Waals surface area contributed by atoms with Crippen LogP contribution in [0.25, 0.3) is 11.8 Å². The van der Waals surface area contributed by atoms with E-state index < -0.39 is 7.82 Å². The molecule has 1 saturated heterocycles. The third kappa shape index (κ3) is 10.3. The number of aliphatic hydroxyl groups excluding tert-OH is 1. The minimum atomic E-state index is -4.64. The zero-order valence-electron chi connectivity index (χ0n) is 23.1. The highest BCUT2D eigenvalue weighted by atomic mass is 31.2. The summed E-state index contributed by atoms with van der Waals surface area (Å²) in [5, 5.41) is 7.88. The Morgan fingerprint density at radius 3 is 2.33 bits per heavy atom. The molecule has 0 bridgehead atoms. The maximum atomic E-state index is 13.3. The van der Waals surface area contributed by atoms with Crippen molar-refractivity contribution in [2.45, 2.75) is 46.1 Å². The molecule has 4 N–H and O–H groups in total. The molecule has 218 valence electrons. The minimum Gasteiger partial charge on any atom is -0.495 e. The Morgan fingerprint density at radius 1 is 1.18 bits per heavy atom. The zero-order chi connectivity index (χ0) is 29.9. The molecule has 1 fully saturated rings. The minimum absolute atomic E-state index is 0.0244. The number of ether oxygens (including phenoxy) is 1. The van der Waals surface area contributed by atoms with Crippen LogP contribution in [0.5, 0.6) is 5.75 Å². The van der Waals surface area contributed by atoms with Crippen LogP contribution in [0, 0.1) is 12.7 Å². The number of halogens is 1. The molecule has 0 aliphatic carbocycles. The molecule has 1 aromatic heterocycles. The smallest absolute Gasteiger partial charge is 0.466 e. The van der Waals surface area contributed by atoms with Gasteiger partial charge in [0.1, 0.15) is 11.6 Å². The third-order valence-electron chi connectivity index (χ3n) is 5.96. The number of imidazole rings is 1. The van der Waals surface area contributed by atoms with E-state index in [0.717, 1.165) is 47.3 Å². The number of hydrogen-bond acceptors (Lipinski definition) is 5. The second-order valence-corrected chi connectivity index (χ2v) is 10.1. The molecule has 10 nitrogen and oxygen atoms in total. The third-order valence-corrected chi connectivity index (χ3v) is 5.96. The van der Waals surface area contributed by atoms with Crippen LogP contribution in [-0.4, -0.2) is 60.4 Å². The first-order valence-corrected chi connectivity index (χ1v) is 14.3. The van der Waals surface area contributed by atoms with Gasteiger partial charge in [0, 0.05) is 24.9 Å². The average molecular weight is 578 g/mol. The highest BCUT2D eigenvalue weighted by Gasteiger charge is 2.28. The first-order valence-electron chi connectivity index (χ1n) is 12.7. The summed E-state index contributed by atoms with van der Waals surface area (Å²) in [5.41, 5.74) is 4.44. The molecule has 12 heteroatoms. The van der Waals surface area contributed by atoms with Gasteiger partial charge in [-0.15, -0.1) is 0 Å². The van der Waals surface area contributed by atoms with Crippen LogP contribution in [0.15, 0.2) is 60.6 Å². The number of rotatable bonds is 6. The lowest BCUT2D eigenvalue weighted by molar-refractivity contribution is -0.130. The van der Waals surface area contributed by atoms with Crippen molar-refractivity contribution in [3.05, 3.63) is 83.2 Å². The number of piperidine rings is 1. The molecule has 1 aliphatic rings. The van der Waals surface area contributed by atoms with Crippen molar-refractivity contribution in [3.8, 4) is 11.4 Å². The molecule has 3 aromatic rings. The fraction of sp³-hybridized carbons (Fsp3) is 0.357. The molecular weight excluding hydrogens is 540 g/mol. The number of carbonyl (C=O) groups is 1. The molecule has 2 heterocycles. The second-order valence-electron chi connectivity index (χ2n) is 9.09. The van der Waals surface area contributed by atoms with E-state index in [1.807, 2.05) is 60.7 Å². The Kier molecular flexibility index (Phi) is 12.7. The molecule has 1 amide bonds. The first-order chi connectivity index (χ1) is 18.9. The van der Waals surface area contributed by atoms with E-state index in [-0.39, 0.29) is 17.8 Å². The van der Waals surface area contributed by atoms with E-state index in [1.165, 1.54) is 12.1 Å². The predicted molar refractivity (Wildman–Crippen MR) is 150 cm³/mol. The summed E-state index contributed by atoms with van der Waals surface area (Å²) >= 11 is 0. The van der Waals surface area contributed by atoms with Crippen molar-refractivity contribution in [2.75, 3.05) is 20.3 Å². The lowest BCUT2D eigenvalue weighted by Gasteiger charge is -2.34. The number of benzene rings is 2. The number of aryl methyl sites for hydroxylation is 1. The summed E-state index contributed by atoms with van der Waals surface area (Å²) in [6.07, 6.45) is 8.14. The highest BCUT2D eigenvalue weighted by molar-refractivity contribution is 7.45. The van der Waals surface area contributed by atoms with Gasteiger partial charge in [0.2, 0.25) is 5.91 Å². The molecule has 0 unspecified atom stereocenters. The first kappa shape index (κ1) is 32.9. The van der Waals surface area contributed by atoms with Gasteiger partial charge < -0.3 is 34.0 Å². The Labute approximate surface area is 233 Å². The van der Waals surface area contributed by atoms with E-state index in [1.54, 1.807) is 25.6 Å². The van der Waals surface area contributed by atoms with Crippen molar-refractivity contribution in [3.63, 3.8) is 0 Å². The van der Waals surface area contributed by atoms with Gasteiger partial charge in [0.15, 0.2) is 0 Å². The van der Waals surface area contributed by atoms with Crippen LogP contribution in [0.2, 0.25) is 0 Å². The number of nitrogens with zero attached hydrogens (tertiary/aromatic N) is 3. The molecule has 0 radical (unpaired) electrons. The average Bonchev–Trinajstić information content (AvgIpc) is 3.35. The number of methoxy groups -OCH3 is 1. The van der Waals surface area contributed by atoms with Gasteiger partial charge in [-0.25, -0.2) is 13.9 Å². The highest BCUT2D eigenvalue weighted by Crippen LogP contribution is 2.30. The summed E-state index contributed by atoms with van der Waals surface area (Å²) < 4.78 is 29.7. The SMILES string of the molecule is CCCO.COc1cc(/C=C2\CCCN([C@@H](C)c3ccc(F)cc3)C2=O)ccc1-n1cnc(C)c1.O=P(O)(O)O. The Hall–Kier alpha value is -3.34. The van der Waals surface area contributed by atoms with Crippen molar-refractivity contribution in [2.24, 2.45) is 0 Å². The van der Waals surface area contributed by atoms with Crippen molar-refractivity contribution in [1.82, 2.24) is 14.5 Å². The number of likely N-dealkylation sites (tertiary alicyclic amines) is 1. The normalized spacial score (nSPS) is 15.1. The standard InChI is InChI=1S/C25H26FN3O2.C3H8O.H3O4P/c1-17-15-28(16-27-17)23-11-6-19(14-24(23)31-3)13-21-5-4-12-29(25(21)30)18(2)20-7-9-22(26)10-8-20;1-2-3-4;1-5(2,3)4/h6-11,13-16,18H,4-5,12H2,1-3H3;4H,2-3H2,1H3;(H3,1,2,3,4)/b21-13+;;/t18-;;/m0../s1.